The molecule has 1 saturated carbocycles. The summed E-state index contributed by atoms with van der Waals surface area (Å²) in [6, 6.07) is 8.24. The standard InChI is InChI=1S/C17H25NO2/c19-16(14-6-2-1-3-7-14)13-18-10-11-20-17-9-5-4-8-15(17)12-18/h4-5,8-9,14,16,19H,1-3,6-7,10-13H2. The highest BCUT2D eigenvalue weighted by atomic mass is 16.5. The van der Waals surface area contributed by atoms with Gasteiger partial charge in [0.1, 0.15) is 12.4 Å². The molecule has 1 unspecified atom stereocenters. The van der Waals surface area contributed by atoms with E-state index in [9.17, 15) is 5.11 Å². The predicted molar refractivity (Wildman–Crippen MR) is 79.8 cm³/mol. The van der Waals surface area contributed by atoms with Gasteiger partial charge in [0.25, 0.3) is 0 Å². The first-order valence-corrected chi connectivity index (χ1v) is 7.94. The maximum absolute atomic E-state index is 10.5. The third-order valence-electron chi connectivity index (χ3n) is 4.67. The van der Waals surface area contributed by atoms with Crippen LogP contribution in [0.2, 0.25) is 0 Å². The van der Waals surface area contributed by atoms with Gasteiger partial charge in [0.05, 0.1) is 6.10 Å². The topological polar surface area (TPSA) is 32.7 Å². The molecule has 3 nitrogen and oxygen atoms in total. The molecular weight excluding hydrogens is 250 g/mol. The van der Waals surface area contributed by atoms with Crippen LogP contribution in [0.3, 0.4) is 0 Å². The summed E-state index contributed by atoms with van der Waals surface area (Å²) in [7, 11) is 0. The molecule has 0 amide bonds. The minimum atomic E-state index is -0.180. The lowest BCUT2D eigenvalue weighted by molar-refractivity contribution is 0.0438. The second kappa shape index (κ2) is 6.59. The van der Waals surface area contributed by atoms with Gasteiger partial charge < -0.3 is 9.84 Å². The first-order chi connectivity index (χ1) is 9.83. The third-order valence-corrected chi connectivity index (χ3v) is 4.67. The van der Waals surface area contributed by atoms with Crippen molar-refractivity contribution in [1.82, 2.24) is 4.90 Å². The Bertz CT molecular complexity index is 429. The van der Waals surface area contributed by atoms with Gasteiger partial charge in [-0.3, -0.25) is 4.90 Å². The Kier molecular flexibility index (Phi) is 4.58. The normalized spacial score (nSPS) is 22.6. The highest BCUT2D eigenvalue weighted by Crippen LogP contribution is 2.28. The van der Waals surface area contributed by atoms with Crippen LogP contribution < -0.4 is 4.74 Å². The van der Waals surface area contributed by atoms with Crippen molar-refractivity contribution in [2.24, 2.45) is 5.92 Å². The number of benzene rings is 1. The van der Waals surface area contributed by atoms with Crippen molar-refractivity contribution in [2.45, 2.75) is 44.8 Å². The minimum Gasteiger partial charge on any atom is -0.492 e. The van der Waals surface area contributed by atoms with E-state index < -0.39 is 0 Å². The summed E-state index contributed by atoms with van der Waals surface area (Å²) in [5.41, 5.74) is 1.24. The number of rotatable bonds is 3. The van der Waals surface area contributed by atoms with Crippen molar-refractivity contribution in [1.29, 1.82) is 0 Å². The van der Waals surface area contributed by atoms with Gasteiger partial charge in [0.2, 0.25) is 0 Å². The molecule has 1 aliphatic carbocycles. The lowest BCUT2D eigenvalue weighted by atomic mass is 9.85. The quantitative estimate of drug-likeness (QED) is 0.920. The summed E-state index contributed by atoms with van der Waals surface area (Å²) in [4.78, 5) is 2.34. The fraction of sp³-hybridized carbons (Fsp3) is 0.647. The van der Waals surface area contributed by atoms with E-state index in [-0.39, 0.29) is 6.10 Å². The van der Waals surface area contributed by atoms with E-state index >= 15 is 0 Å². The van der Waals surface area contributed by atoms with E-state index in [1.807, 2.05) is 12.1 Å². The zero-order chi connectivity index (χ0) is 13.8. The summed E-state index contributed by atoms with van der Waals surface area (Å²) in [5.74, 6) is 1.50. The van der Waals surface area contributed by atoms with Crippen molar-refractivity contribution >= 4 is 0 Å². The number of ether oxygens (including phenoxy) is 1. The lowest BCUT2D eigenvalue weighted by Gasteiger charge is -2.30. The Hall–Kier alpha value is -1.06. The maximum atomic E-state index is 10.5. The number of hydrogen-bond acceptors (Lipinski definition) is 3. The lowest BCUT2D eigenvalue weighted by Crippen LogP contribution is -2.38. The van der Waals surface area contributed by atoms with Crippen molar-refractivity contribution in [3.63, 3.8) is 0 Å². The highest BCUT2D eigenvalue weighted by Gasteiger charge is 2.25. The highest BCUT2D eigenvalue weighted by molar-refractivity contribution is 5.33. The smallest absolute Gasteiger partial charge is 0.123 e. The van der Waals surface area contributed by atoms with Crippen LogP contribution in [0.4, 0.5) is 0 Å². The largest absolute Gasteiger partial charge is 0.492 e. The Morgan fingerprint density at radius 2 is 2.00 bits per heavy atom. The number of fused-ring (bicyclic) bond motifs is 1. The van der Waals surface area contributed by atoms with Crippen LogP contribution in [0.15, 0.2) is 24.3 Å². The molecule has 110 valence electrons. The van der Waals surface area contributed by atoms with Gasteiger partial charge in [-0.05, 0) is 24.8 Å². The van der Waals surface area contributed by atoms with Crippen LogP contribution >= 0.6 is 0 Å². The summed E-state index contributed by atoms with van der Waals surface area (Å²) in [6.07, 6.45) is 6.13. The van der Waals surface area contributed by atoms with Crippen molar-refractivity contribution in [3.8, 4) is 5.75 Å². The van der Waals surface area contributed by atoms with Gasteiger partial charge in [0.15, 0.2) is 0 Å². The molecule has 1 aromatic carbocycles. The predicted octanol–water partition coefficient (Wildman–Crippen LogP) is 2.82. The van der Waals surface area contributed by atoms with Gasteiger partial charge in [-0.15, -0.1) is 0 Å². The average molecular weight is 275 g/mol. The van der Waals surface area contributed by atoms with Gasteiger partial charge in [-0.25, -0.2) is 0 Å². The molecule has 0 saturated heterocycles. The first kappa shape index (κ1) is 13.9. The molecule has 1 fully saturated rings. The molecule has 1 atom stereocenters. The van der Waals surface area contributed by atoms with Crippen LogP contribution in [-0.4, -0.2) is 35.8 Å². The number of aliphatic hydroxyl groups excluding tert-OH is 1. The van der Waals surface area contributed by atoms with Crippen LogP contribution in [0, 0.1) is 5.92 Å². The molecule has 1 heterocycles. The Balaban J connectivity index is 1.60. The van der Waals surface area contributed by atoms with E-state index in [0.29, 0.717) is 12.5 Å². The zero-order valence-electron chi connectivity index (χ0n) is 12.1. The van der Waals surface area contributed by atoms with Crippen LogP contribution in [0.5, 0.6) is 5.75 Å². The van der Waals surface area contributed by atoms with Crippen molar-refractivity contribution in [3.05, 3.63) is 29.8 Å². The molecule has 1 aliphatic heterocycles. The molecular formula is C17H25NO2. The second-order valence-electron chi connectivity index (χ2n) is 6.16. The zero-order valence-corrected chi connectivity index (χ0v) is 12.1. The average Bonchev–Trinajstić information content (AvgIpc) is 2.69. The summed E-state index contributed by atoms with van der Waals surface area (Å²) >= 11 is 0. The molecule has 0 radical (unpaired) electrons. The molecule has 0 aromatic heterocycles. The van der Waals surface area contributed by atoms with Gasteiger partial charge in [0, 0.05) is 25.2 Å². The number of aliphatic hydroxyl groups is 1. The van der Waals surface area contributed by atoms with E-state index in [1.54, 1.807) is 0 Å². The van der Waals surface area contributed by atoms with Gasteiger partial charge in [-0.1, -0.05) is 37.5 Å². The van der Waals surface area contributed by atoms with Crippen LogP contribution in [-0.2, 0) is 6.54 Å². The molecule has 1 N–H and O–H groups in total. The van der Waals surface area contributed by atoms with Gasteiger partial charge in [-0.2, -0.15) is 0 Å². The van der Waals surface area contributed by atoms with E-state index in [4.69, 9.17) is 4.74 Å². The monoisotopic (exact) mass is 275 g/mol. The van der Waals surface area contributed by atoms with E-state index in [1.165, 1.54) is 37.7 Å². The van der Waals surface area contributed by atoms with Gasteiger partial charge >= 0.3 is 0 Å². The fourth-order valence-electron chi connectivity index (χ4n) is 3.47. The van der Waals surface area contributed by atoms with Crippen LogP contribution in [0.25, 0.3) is 0 Å². The molecule has 0 spiro atoms. The van der Waals surface area contributed by atoms with Crippen molar-refractivity contribution in [2.75, 3.05) is 19.7 Å². The van der Waals surface area contributed by atoms with E-state index in [0.717, 1.165) is 25.4 Å². The molecule has 1 aromatic rings. The van der Waals surface area contributed by atoms with Crippen LogP contribution in [0.1, 0.15) is 37.7 Å². The number of nitrogens with zero attached hydrogens (tertiary/aromatic N) is 1. The Morgan fingerprint density at radius 1 is 1.20 bits per heavy atom. The maximum Gasteiger partial charge on any atom is 0.123 e. The Labute approximate surface area is 121 Å². The molecule has 3 rings (SSSR count). The summed E-state index contributed by atoms with van der Waals surface area (Å²) in [6.45, 7) is 3.29. The molecule has 0 bridgehead atoms. The molecule has 2 aliphatic rings. The molecule has 20 heavy (non-hydrogen) atoms. The number of hydrogen-bond donors (Lipinski definition) is 1. The SMILES string of the molecule is OC(CN1CCOc2ccccc2C1)C1CCCCC1. The molecule has 3 heteroatoms. The number of β-amino-alcohol motifs (C(OH)–C–C–N with tert-alkyl or cyclic N) is 1. The fourth-order valence-corrected chi connectivity index (χ4v) is 3.47. The second-order valence-corrected chi connectivity index (χ2v) is 6.16. The Morgan fingerprint density at radius 3 is 2.85 bits per heavy atom. The summed E-state index contributed by atoms with van der Waals surface area (Å²) < 4.78 is 5.78. The minimum absolute atomic E-state index is 0.180. The first-order valence-electron chi connectivity index (χ1n) is 7.94. The van der Waals surface area contributed by atoms with E-state index in [2.05, 4.69) is 17.0 Å². The number of para-hydroxylation sites is 1. The third kappa shape index (κ3) is 3.33. The van der Waals surface area contributed by atoms with Crippen molar-refractivity contribution < 1.29 is 9.84 Å². The summed E-state index contributed by atoms with van der Waals surface area (Å²) in [5, 5.41) is 10.5.